The van der Waals surface area contributed by atoms with E-state index in [1.54, 1.807) is 0 Å². The molecule has 0 rings (SSSR count). The molecule has 0 aliphatic heterocycles. The Balaban J connectivity index is 3.08. The minimum Gasteiger partial charge on any atom is -0.328 e. The van der Waals surface area contributed by atoms with E-state index in [9.17, 15) is 0 Å². The van der Waals surface area contributed by atoms with E-state index < -0.39 is 0 Å². The van der Waals surface area contributed by atoms with Crippen LogP contribution in [-0.2, 0) is 0 Å². The van der Waals surface area contributed by atoms with E-state index in [1.165, 1.54) is 135 Å². The van der Waals surface area contributed by atoms with Gasteiger partial charge >= 0.3 is 0 Å². The molecule has 1 unspecified atom stereocenters. The first-order chi connectivity index (χ1) is 12.3. The molecule has 0 radical (unpaired) electrons. The molecule has 0 bridgehead atoms. The summed E-state index contributed by atoms with van der Waals surface area (Å²) < 4.78 is 0. The fourth-order valence-electron chi connectivity index (χ4n) is 3.76. The maximum atomic E-state index is 6.24. The Morgan fingerprint density at radius 1 is 0.400 bits per heavy atom. The smallest absolute Gasteiger partial charge is 0.00388 e. The van der Waals surface area contributed by atoms with Crippen LogP contribution in [0.2, 0.25) is 0 Å². The van der Waals surface area contributed by atoms with Crippen LogP contribution in [0.1, 0.15) is 149 Å². The van der Waals surface area contributed by atoms with Crippen LogP contribution < -0.4 is 5.73 Å². The molecule has 0 aliphatic carbocycles. The first-order valence-corrected chi connectivity index (χ1v) is 12.1. The van der Waals surface area contributed by atoms with Crippen LogP contribution in [0.3, 0.4) is 0 Å². The summed E-state index contributed by atoms with van der Waals surface area (Å²) in [6.07, 6.45) is 29.6. The van der Waals surface area contributed by atoms with Crippen molar-refractivity contribution in [2.45, 2.75) is 155 Å². The lowest BCUT2D eigenvalue weighted by Gasteiger charge is -2.11. The first-order valence-electron chi connectivity index (χ1n) is 12.1. The summed E-state index contributed by atoms with van der Waals surface area (Å²) in [4.78, 5) is 0. The van der Waals surface area contributed by atoms with E-state index in [0.717, 1.165) is 0 Å². The lowest BCUT2D eigenvalue weighted by Crippen LogP contribution is -2.19. The SMILES string of the molecule is CCCCCCCCCCCCCCCCC(N)CCCCCCC. The molecule has 0 amide bonds. The Morgan fingerprint density at radius 2 is 0.640 bits per heavy atom. The largest absolute Gasteiger partial charge is 0.328 e. The van der Waals surface area contributed by atoms with Gasteiger partial charge in [-0.3, -0.25) is 0 Å². The highest BCUT2D eigenvalue weighted by atomic mass is 14.6. The third kappa shape index (κ3) is 21.9. The Morgan fingerprint density at radius 3 is 0.920 bits per heavy atom. The van der Waals surface area contributed by atoms with E-state index in [4.69, 9.17) is 5.73 Å². The Hall–Kier alpha value is -0.0400. The average molecular weight is 354 g/mol. The summed E-state index contributed by atoms with van der Waals surface area (Å²) in [5, 5.41) is 0. The van der Waals surface area contributed by atoms with Gasteiger partial charge in [0.15, 0.2) is 0 Å². The van der Waals surface area contributed by atoms with Gasteiger partial charge in [-0.1, -0.05) is 136 Å². The lowest BCUT2D eigenvalue weighted by atomic mass is 10.0. The van der Waals surface area contributed by atoms with Crippen LogP contribution in [0.4, 0.5) is 0 Å². The third-order valence-corrected chi connectivity index (χ3v) is 5.61. The topological polar surface area (TPSA) is 26.0 Å². The van der Waals surface area contributed by atoms with Crippen LogP contribution in [0.5, 0.6) is 0 Å². The van der Waals surface area contributed by atoms with Crippen molar-refractivity contribution in [2.24, 2.45) is 5.73 Å². The molecule has 2 N–H and O–H groups in total. The van der Waals surface area contributed by atoms with Crippen molar-refractivity contribution in [1.29, 1.82) is 0 Å². The molecule has 25 heavy (non-hydrogen) atoms. The summed E-state index contributed by atoms with van der Waals surface area (Å²) in [6, 6.07) is 0.471. The molecule has 0 aromatic carbocycles. The van der Waals surface area contributed by atoms with Crippen molar-refractivity contribution in [2.75, 3.05) is 0 Å². The maximum Gasteiger partial charge on any atom is 0.00388 e. The monoisotopic (exact) mass is 353 g/mol. The second-order valence-electron chi connectivity index (χ2n) is 8.35. The van der Waals surface area contributed by atoms with Crippen molar-refractivity contribution < 1.29 is 0 Å². The molecule has 0 heterocycles. The van der Waals surface area contributed by atoms with Crippen LogP contribution in [0.25, 0.3) is 0 Å². The van der Waals surface area contributed by atoms with Crippen molar-refractivity contribution in [1.82, 2.24) is 0 Å². The molecule has 0 aromatic heterocycles. The quantitative estimate of drug-likeness (QED) is 0.205. The van der Waals surface area contributed by atoms with Gasteiger partial charge in [0.05, 0.1) is 0 Å². The molecule has 1 heteroatoms. The van der Waals surface area contributed by atoms with Gasteiger partial charge in [0.1, 0.15) is 0 Å². The third-order valence-electron chi connectivity index (χ3n) is 5.61. The zero-order valence-electron chi connectivity index (χ0n) is 18.0. The fourth-order valence-corrected chi connectivity index (χ4v) is 3.76. The summed E-state index contributed by atoms with van der Waals surface area (Å²) in [5.41, 5.74) is 6.24. The predicted molar refractivity (Wildman–Crippen MR) is 116 cm³/mol. The van der Waals surface area contributed by atoms with E-state index in [-0.39, 0.29) is 0 Å². The molecule has 152 valence electrons. The highest BCUT2D eigenvalue weighted by Crippen LogP contribution is 2.14. The van der Waals surface area contributed by atoms with Gasteiger partial charge in [-0.05, 0) is 12.8 Å². The van der Waals surface area contributed by atoms with Gasteiger partial charge in [0.2, 0.25) is 0 Å². The lowest BCUT2D eigenvalue weighted by molar-refractivity contribution is 0.481. The number of hydrogen-bond donors (Lipinski definition) is 1. The summed E-state index contributed by atoms with van der Waals surface area (Å²) in [6.45, 7) is 4.57. The highest BCUT2D eigenvalue weighted by molar-refractivity contribution is 4.62. The Kier molecular flexibility index (Phi) is 22.0. The fraction of sp³-hybridized carbons (Fsp3) is 1.00. The van der Waals surface area contributed by atoms with Gasteiger partial charge in [-0.25, -0.2) is 0 Å². The number of unbranched alkanes of at least 4 members (excludes halogenated alkanes) is 17. The van der Waals surface area contributed by atoms with E-state index in [2.05, 4.69) is 13.8 Å². The van der Waals surface area contributed by atoms with Gasteiger partial charge in [-0.15, -0.1) is 0 Å². The van der Waals surface area contributed by atoms with E-state index >= 15 is 0 Å². The number of rotatable bonds is 21. The molecule has 0 aromatic rings. The Bertz CT molecular complexity index is 226. The predicted octanol–water partition coefficient (Wildman–Crippen LogP) is 8.55. The number of nitrogens with two attached hydrogens (primary N) is 1. The molecule has 0 saturated carbocycles. The minimum absolute atomic E-state index is 0.471. The van der Waals surface area contributed by atoms with Gasteiger partial charge < -0.3 is 5.73 Å². The minimum atomic E-state index is 0.471. The molecule has 0 saturated heterocycles. The van der Waals surface area contributed by atoms with Gasteiger partial charge in [0.25, 0.3) is 0 Å². The van der Waals surface area contributed by atoms with Crippen LogP contribution >= 0.6 is 0 Å². The van der Waals surface area contributed by atoms with Crippen LogP contribution in [0, 0.1) is 0 Å². The zero-order chi connectivity index (χ0) is 18.4. The summed E-state index contributed by atoms with van der Waals surface area (Å²) >= 11 is 0. The van der Waals surface area contributed by atoms with E-state index in [0.29, 0.717) is 6.04 Å². The first kappa shape index (κ1) is 25.0. The average Bonchev–Trinajstić information content (AvgIpc) is 2.62. The molecule has 1 atom stereocenters. The van der Waals surface area contributed by atoms with Gasteiger partial charge in [-0.2, -0.15) is 0 Å². The molecule has 1 nitrogen and oxygen atoms in total. The molecule has 0 fully saturated rings. The van der Waals surface area contributed by atoms with Crippen molar-refractivity contribution >= 4 is 0 Å². The standard InChI is InChI=1S/C24H51N/c1-3-5-7-9-10-11-12-13-14-15-16-17-19-21-23-24(25)22-20-18-8-6-4-2/h24H,3-23,25H2,1-2H3. The zero-order valence-corrected chi connectivity index (χ0v) is 18.0. The highest BCUT2D eigenvalue weighted by Gasteiger charge is 2.02. The van der Waals surface area contributed by atoms with Crippen molar-refractivity contribution in [3.8, 4) is 0 Å². The van der Waals surface area contributed by atoms with Crippen LogP contribution in [-0.4, -0.2) is 6.04 Å². The summed E-state index contributed by atoms with van der Waals surface area (Å²) in [5.74, 6) is 0. The molecular weight excluding hydrogens is 302 g/mol. The second-order valence-corrected chi connectivity index (χ2v) is 8.35. The van der Waals surface area contributed by atoms with E-state index in [1.807, 2.05) is 0 Å². The van der Waals surface area contributed by atoms with Gasteiger partial charge in [0, 0.05) is 6.04 Å². The summed E-state index contributed by atoms with van der Waals surface area (Å²) in [7, 11) is 0. The molecule has 0 aliphatic rings. The van der Waals surface area contributed by atoms with Crippen molar-refractivity contribution in [3.05, 3.63) is 0 Å². The molecular formula is C24H51N. The van der Waals surface area contributed by atoms with Crippen LogP contribution in [0.15, 0.2) is 0 Å². The second kappa shape index (κ2) is 22.0. The Labute approximate surface area is 160 Å². The normalized spacial score (nSPS) is 12.6. The number of hydrogen-bond acceptors (Lipinski definition) is 1. The molecule has 0 spiro atoms. The van der Waals surface area contributed by atoms with Crippen molar-refractivity contribution in [3.63, 3.8) is 0 Å². The maximum absolute atomic E-state index is 6.24.